The Bertz CT molecular complexity index is 842. The zero-order chi connectivity index (χ0) is 17.6. The molecular formula is C19H21N3O3. The zero-order valence-electron chi connectivity index (χ0n) is 14.4. The minimum atomic E-state index is -0.436. The number of nitrogens with one attached hydrogen (secondary N) is 1. The Balaban J connectivity index is 1.53. The lowest BCUT2D eigenvalue weighted by Gasteiger charge is -2.35. The molecule has 2 aliphatic rings. The monoisotopic (exact) mass is 339 g/mol. The van der Waals surface area contributed by atoms with Crippen molar-refractivity contribution in [2.24, 2.45) is 0 Å². The molecule has 25 heavy (non-hydrogen) atoms. The average Bonchev–Trinajstić information content (AvgIpc) is 3.20. The Labute approximate surface area is 146 Å². The van der Waals surface area contributed by atoms with Crippen LogP contribution in [-0.4, -0.2) is 34.9 Å². The SMILES string of the molecule is COc1ccc2c(c1)NC(=O)[C@H]2CC(=O)N1CCn2cccc2[C@H]1C. The van der Waals surface area contributed by atoms with Gasteiger partial charge in [0.25, 0.3) is 0 Å². The van der Waals surface area contributed by atoms with E-state index in [0.717, 1.165) is 23.5 Å². The third-order valence-electron chi connectivity index (χ3n) is 5.25. The number of benzene rings is 1. The largest absolute Gasteiger partial charge is 0.497 e. The van der Waals surface area contributed by atoms with Gasteiger partial charge in [-0.2, -0.15) is 0 Å². The van der Waals surface area contributed by atoms with Gasteiger partial charge >= 0.3 is 0 Å². The second-order valence-electron chi connectivity index (χ2n) is 6.59. The van der Waals surface area contributed by atoms with Crippen molar-refractivity contribution < 1.29 is 14.3 Å². The number of hydrogen-bond acceptors (Lipinski definition) is 3. The van der Waals surface area contributed by atoms with Gasteiger partial charge in [0.2, 0.25) is 11.8 Å². The number of amides is 2. The van der Waals surface area contributed by atoms with Crippen LogP contribution < -0.4 is 10.1 Å². The lowest BCUT2D eigenvalue weighted by molar-refractivity contribution is -0.136. The van der Waals surface area contributed by atoms with Crippen molar-refractivity contribution in [3.63, 3.8) is 0 Å². The van der Waals surface area contributed by atoms with E-state index in [0.29, 0.717) is 12.3 Å². The molecule has 0 saturated carbocycles. The second-order valence-corrected chi connectivity index (χ2v) is 6.59. The summed E-state index contributed by atoms with van der Waals surface area (Å²) in [6.45, 7) is 3.50. The number of rotatable bonds is 3. The first-order valence-corrected chi connectivity index (χ1v) is 8.52. The summed E-state index contributed by atoms with van der Waals surface area (Å²) < 4.78 is 7.38. The van der Waals surface area contributed by atoms with Crippen LogP contribution in [-0.2, 0) is 16.1 Å². The van der Waals surface area contributed by atoms with Crippen molar-refractivity contribution in [3.8, 4) is 5.75 Å². The van der Waals surface area contributed by atoms with E-state index in [1.54, 1.807) is 13.2 Å². The number of aromatic nitrogens is 1. The van der Waals surface area contributed by atoms with Gasteiger partial charge in [-0.15, -0.1) is 0 Å². The Morgan fingerprint density at radius 1 is 1.32 bits per heavy atom. The minimum Gasteiger partial charge on any atom is -0.497 e. The average molecular weight is 339 g/mol. The number of nitrogens with zero attached hydrogens (tertiary/aromatic N) is 2. The second kappa shape index (κ2) is 5.95. The summed E-state index contributed by atoms with van der Waals surface area (Å²) in [5.74, 6) is 0.152. The van der Waals surface area contributed by atoms with Crippen LogP contribution >= 0.6 is 0 Å². The van der Waals surface area contributed by atoms with Crippen LogP contribution in [0.5, 0.6) is 5.75 Å². The number of fused-ring (bicyclic) bond motifs is 2. The first-order chi connectivity index (χ1) is 12.1. The molecule has 1 aromatic carbocycles. The van der Waals surface area contributed by atoms with Crippen molar-refractivity contribution in [1.82, 2.24) is 9.47 Å². The molecular weight excluding hydrogens is 318 g/mol. The molecule has 4 rings (SSSR count). The molecule has 0 radical (unpaired) electrons. The van der Waals surface area contributed by atoms with Crippen LogP contribution in [0.15, 0.2) is 36.5 Å². The first kappa shape index (κ1) is 15.7. The highest BCUT2D eigenvalue weighted by Crippen LogP contribution is 2.38. The minimum absolute atomic E-state index is 0.0174. The summed E-state index contributed by atoms with van der Waals surface area (Å²) in [4.78, 5) is 27.1. The molecule has 1 aromatic heterocycles. The fourth-order valence-corrected chi connectivity index (χ4v) is 3.85. The molecule has 0 aliphatic carbocycles. The van der Waals surface area contributed by atoms with Crippen LogP contribution in [0.25, 0.3) is 0 Å². The number of methoxy groups -OCH3 is 1. The van der Waals surface area contributed by atoms with E-state index in [4.69, 9.17) is 4.74 Å². The van der Waals surface area contributed by atoms with Crippen LogP contribution in [0.1, 0.15) is 36.6 Å². The summed E-state index contributed by atoms with van der Waals surface area (Å²) in [5.41, 5.74) is 2.75. The molecule has 3 heterocycles. The van der Waals surface area contributed by atoms with Crippen LogP contribution in [0.3, 0.4) is 0 Å². The lowest BCUT2D eigenvalue weighted by atomic mass is 9.96. The Morgan fingerprint density at radius 2 is 2.16 bits per heavy atom. The maximum absolute atomic E-state index is 12.9. The molecule has 6 nitrogen and oxygen atoms in total. The van der Waals surface area contributed by atoms with Crippen LogP contribution in [0, 0.1) is 0 Å². The first-order valence-electron chi connectivity index (χ1n) is 8.52. The standard InChI is InChI=1S/C19H21N3O3/c1-12-17-4-3-7-21(17)8-9-22(12)18(23)11-15-14-6-5-13(25-2)10-16(14)20-19(15)24/h3-7,10,12,15H,8-9,11H2,1-2H3,(H,20,24)/t12-,15+/m1/s1. The maximum Gasteiger partial charge on any atom is 0.232 e. The number of ether oxygens (including phenoxy) is 1. The van der Waals surface area contributed by atoms with E-state index in [1.165, 1.54) is 0 Å². The van der Waals surface area contributed by atoms with Crippen LogP contribution in [0.4, 0.5) is 5.69 Å². The number of carbonyl (C=O) groups excluding carboxylic acids is 2. The van der Waals surface area contributed by atoms with Gasteiger partial charge in [0.05, 0.1) is 19.1 Å². The molecule has 0 saturated heterocycles. The van der Waals surface area contributed by atoms with Gasteiger partial charge < -0.3 is 19.5 Å². The van der Waals surface area contributed by atoms with Crippen molar-refractivity contribution >= 4 is 17.5 Å². The number of carbonyl (C=O) groups is 2. The van der Waals surface area contributed by atoms with Crippen molar-refractivity contribution in [1.29, 1.82) is 0 Å². The molecule has 2 aromatic rings. The summed E-state index contributed by atoms with van der Waals surface area (Å²) in [6.07, 6.45) is 2.23. The Hall–Kier alpha value is -2.76. The molecule has 1 N–H and O–H groups in total. The molecule has 6 heteroatoms. The van der Waals surface area contributed by atoms with E-state index in [1.807, 2.05) is 42.3 Å². The fourth-order valence-electron chi connectivity index (χ4n) is 3.85. The van der Waals surface area contributed by atoms with Crippen molar-refractivity contribution in [2.45, 2.75) is 31.8 Å². The van der Waals surface area contributed by atoms with Gasteiger partial charge in [-0.25, -0.2) is 0 Å². The highest BCUT2D eigenvalue weighted by molar-refractivity contribution is 6.05. The van der Waals surface area contributed by atoms with Crippen molar-refractivity contribution in [2.75, 3.05) is 19.0 Å². The molecule has 2 aliphatic heterocycles. The zero-order valence-corrected chi connectivity index (χ0v) is 14.4. The van der Waals surface area contributed by atoms with Gasteiger partial charge in [-0.1, -0.05) is 6.07 Å². The quantitative estimate of drug-likeness (QED) is 0.935. The molecule has 130 valence electrons. The maximum atomic E-state index is 12.9. The van der Waals surface area contributed by atoms with Crippen molar-refractivity contribution in [3.05, 3.63) is 47.8 Å². The van der Waals surface area contributed by atoms with Crippen LogP contribution in [0.2, 0.25) is 0 Å². The summed E-state index contributed by atoms with van der Waals surface area (Å²) in [7, 11) is 1.59. The van der Waals surface area contributed by atoms with Gasteiger partial charge in [-0.05, 0) is 30.7 Å². The Kier molecular flexibility index (Phi) is 3.75. The third-order valence-corrected chi connectivity index (χ3v) is 5.25. The highest BCUT2D eigenvalue weighted by Gasteiger charge is 2.35. The fraction of sp³-hybridized carbons (Fsp3) is 0.368. The van der Waals surface area contributed by atoms with Gasteiger partial charge in [-0.3, -0.25) is 9.59 Å². The van der Waals surface area contributed by atoms with E-state index in [-0.39, 0.29) is 24.3 Å². The molecule has 0 unspecified atom stereocenters. The normalized spacial score (nSPS) is 21.5. The predicted octanol–water partition coefficient (Wildman–Crippen LogP) is 2.53. The molecule has 2 amide bonds. The third kappa shape index (κ3) is 2.58. The Morgan fingerprint density at radius 3 is 2.96 bits per heavy atom. The topological polar surface area (TPSA) is 63.6 Å². The molecule has 2 atom stereocenters. The summed E-state index contributed by atoms with van der Waals surface area (Å²) >= 11 is 0. The number of anilines is 1. The molecule has 0 bridgehead atoms. The summed E-state index contributed by atoms with van der Waals surface area (Å²) in [6, 6.07) is 9.58. The van der Waals surface area contributed by atoms with Gasteiger partial charge in [0.15, 0.2) is 0 Å². The smallest absolute Gasteiger partial charge is 0.232 e. The molecule has 0 spiro atoms. The number of hydrogen-bond donors (Lipinski definition) is 1. The van der Waals surface area contributed by atoms with Gasteiger partial charge in [0.1, 0.15) is 5.75 Å². The molecule has 0 fully saturated rings. The van der Waals surface area contributed by atoms with E-state index >= 15 is 0 Å². The summed E-state index contributed by atoms with van der Waals surface area (Å²) in [5, 5.41) is 2.86. The lowest BCUT2D eigenvalue weighted by Crippen LogP contribution is -2.41. The van der Waals surface area contributed by atoms with Gasteiger partial charge in [0, 0.05) is 43.2 Å². The van der Waals surface area contributed by atoms with E-state index in [2.05, 4.69) is 9.88 Å². The van der Waals surface area contributed by atoms with E-state index in [9.17, 15) is 9.59 Å². The van der Waals surface area contributed by atoms with E-state index < -0.39 is 5.92 Å². The predicted molar refractivity (Wildman–Crippen MR) is 93.5 cm³/mol. The highest BCUT2D eigenvalue weighted by atomic mass is 16.5.